The summed E-state index contributed by atoms with van der Waals surface area (Å²) in [5.74, 6) is 0.766. The standard InChI is InChI=1S/C20H18N6O/c1-12(2)23-16-8-7-13(9-14(16)10-21)19-24-25-20(27-19)15-5-4-6-17-18(15)22-11-26(17)3/h4-9,11-12,23H,1-3H3. The third-order valence-electron chi connectivity index (χ3n) is 4.24. The predicted octanol–water partition coefficient (Wildman–Crippen LogP) is 3.98. The topological polar surface area (TPSA) is 92.6 Å². The second-order valence-electron chi connectivity index (χ2n) is 6.61. The van der Waals surface area contributed by atoms with E-state index >= 15 is 0 Å². The van der Waals surface area contributed by atoms with Crippen molar-refractivity contribution in [2.24, 2.45) is 7.05 Å². The fourth-order valence-electron chi connectivity index (χ4n) is 2.99. The number of fused-ring (bicyclic) bond motifs is 1. The lowest BCUT2D eigenvalue weighted by Gasteiger charge is -2.11. The van der Waals surface area contributed by atoms with Crippen molar-refractivity contribution in [1.29, 1.82) is 5.26 Å². The third kappa shape index (κ3) is 3.02. The van der Waals surface area contributed by atoms with Crippen molar-refractivity contribution in [1.82, 2.24) is 19.7 Å². The highest BCUT2D eigenvalue weighted by Crippen LogP contribution is 2.30. The molecule has 0 spiro atoms. The molecule has 4 rings (SSSR count). The van der Waals surface area contributed by atoms with Gasteiger partial charge in [0.15, 0.2) is 0 Å². The number of nitrogens with one attached hydrogen (secondary N) is 1. The van der Waals surface area contributed by atoms with Crippen LogP contribution in [0.15, 0.2) is 47.1 Å². The molecular weight excluding hydrogens is 340 g/mol. The van der Waals surface area contributed by atoms with Crippen LogP contribution >= 0.6 is 0 Å². The molecule has 0 fully saturated rings. The molecule has 0 radical (unpaired) electrons. The minimum Gasteiger partial charge on any atom is -0.416 e. The van der Waals surface area contributed by atoms with Crippen LogP contribution in [0.1, 0.15) is 19.4 Å². The van der Waals surface area contributed by atoms with Gasteiger partial charge in [0.05, 0.1) is 28.7 Å². The molecule has 7 nitrogen and oxygen atoms in total. The van der Waals surface area contributed by atoms with E-state index in [2.05, 4.69) is 26.6 Å². The first kappa shape index (κ1) is 16.8. The predicted molar refractivity (Wildman–Crippen MR) is 103 cm³/mol. The summed E-state index contributed by atoms with van der Waals surface area (Å²) < 4.78 is 7.83. The highest BCUT2D eigenvalue weighted by molar-refractivity contribution is 5.89. The van der Waals surface area contributed by atoms with Gasteiger partial charge in [0.25, 0.3) is 0 Å². The Morgan fingerprint density at radius 3 is 2.74 bits per heavy atom. The van der Waals surface area contributed by atoms with Crippen LogP contribution in [0.3, 0.4) is 0 Å². The van der Waals surface area contributed by atoms with Crippen LogP contribution in [0, 0.1) is 11.3 Å². The average molecular weight is 358 g/mol. The van der Waals surface area contributed by atoms with Gasteiger partial charge in [0, 0.05) is 18.7 Å². The fourth-order valence-corrected chi connectivity index (χ4v) is 2.99. The van der Waals surface area contributed by atoms with Gasteiger partial charge in [-0.25, -0.2) is 4.98 Å². The lowest BCUT2D eigenvalue weighted by atomic mass is 10.1. The molecule has 0 amide bonds. The summed E-state index contributed by atoms with van der Waals surface area (Å²) in [5.41, 5.74) is 4.60. The Hall–Kier alpha value is -3.66. The van der Waals surface area contributed by atoms with Crippen LogP contribution in [0.5, 0.6) is 0 Å². The minimum absolute atomic E-state index is 0.233. The van der Waals surface area contributed by atoms with E-state index in [0.29, 0.717) is 22.9 Å². The van der Waals surface area contributed by atoms with Gasteiger partial charge in [-0.2, -0.15) is 5.26 Å². The van der Waals surface area contributed by atoms with E-state index in [1.54, 1.807) is 12.4 Å². The van der Waals surface area contributed by atoms with Gasteiger partial charge >= 0.3 is 0 Å². The number of nitrogens with zero attached hydrogens (tertiary/aromatic N) is 5. The SMILES string of the molecule is CC(C)Nc1ccc(-c2nnc(-c3cccc4c3ncn4C)o2)cc1C#N. The van der Waals surface area contributed by atoms with Crippen molar-refractivity contribution in [3.05, 3.63) is 48.3 Å². The molecule has 7 heteroatoms. The third-order valence-corrected chi connectivity index (χ3v) is 4.24. The molecular formula is C20H18N6O. The summed E-state index contributed by atoms with van der Waals surface area (Å²) >= 11 is 0. The van der Waals surface area contributed by atoms with Crippen molar-refractivity contribution >= 4 is 16.7 Å². The quantitative estimate of drug-likeness (QED) is 0.593. The second-order valence-corrected chi connectivity index (χ2v) is 6.61. The maximum atomic E-state index is 9.44. The molecule has 0 saturated heterocycles. The molecule has 0 unspecified atom stereocenters. The monoisotopic (exact) mass is 358 g/mol. The van der Waals surface area contributed by atoms with Crippen LogP contribution in [-0.2, 0) is 7.05 Å². The van der Waals surface area contributed by atoms with Gasteiger partial charge in [-0.15, -0.1) is 10.2 Å². The van der Waals surface area contributed by atoms with E-state index < -0.39 is 0 Å². The Labute approximate surface area is 156 Å². The molecule has 2 heterocycles. The summed E-state index contributed by atoms with van der Waals surface area (Å²) in [4.78, 5) is 4.43. The van der Waals surface area contributed by atoms with Gasteiger partial charge in [-0.05, 0) is 44.2 Å². The van der Waals surface area contributed by atoms with Gasteiger partial charge in [-0.1, -0.05) is 6.07 Å². The molecule has 27 heavy (non-hydrogen) atoms. The number of hydrogen-bond donors (Lipinski definition) is 1. The second kappa shape index (κ2) is 6.57. The van der Waals surface area contributed by atoms with Crippen LogP contribution < -0.4 is 5.32 Å². The molecule has 2 aromatic carbocycles. The lowest BCUT2D eigenvalue weighted by Crippen LogP contribution is -2.10. The summed E-state index contributed by atoms with van der Waals surface area (Å²) in [7, 11) is 1.94. The molecule has 0 saturated carbocycles. The van der Waals surface area contributed by atoms with E-state index in [1.165, 1.54) is 0 Å². The number of hydrogen-bond acceptors (Lipinski definition) is 6. The number of aromatic nitrogens is 4. The van der Waals surface area contributed by atoms with Crippen LogP contribution in [-0.4, -0.2) is 25.8 Å². The molecule has 0 aliphatic rings. The molecule has 134 valence electrons. The molecule has 0 aliphatic heterocycles. The maximum Gasteiger partial charge on any atom is 0.250 e. The number of nitriles is 1. The highest BCUT2D eigenvalue weighted by atomic mass is 16.4. The number of benzene rings is 2. The number of para-hydroxylation sites is 1. The first-order valence-corrected chi connectivity index (χ1v) is 8.62. The average Bonchev–Trinajstić information content (AvgIpc) is 3.29. The Kier molecular flexibility index (Phi) is 4.09. The van der Waals surface area contributed by atoms with E-state index in [-0.39, 0.29) is 6.04 Å². The Bertz CT molecular complexity index is 1160. The molecule has 0 atom stereocenters. The zero-order chi connectivity index (χ0) is 19.0. The Morgan fingerprint density at radius 2 is 1.96 bits per heavy atom. The normalized spacial score (nSPS) is 11.1. The van der Waals surface area contributed by atoms with E-state index in [0.717, 1.165) is 22.3 Å². The van der Waals surface area contributed by atoms with Gasteiger partial charge < -0.3 is 14.3 Å². The number of rotatable bonds is 4. The van der Waals surface area contributed by atoms with Gasteiger partial charge in [0.2, 0.25) is 11.8 Å². The smallest absolute Gasteiger partial charge is 0.250 e. The van der Waals surface area contributed by atoms with Crippen LogP contribution in [0.25, 0.3) is 33.9 Å². The van der Waals surface area contributed by atoms with Crippen molar-refractivity contribution in [3.63, 3.8) is 0 Å². The van der Waals surface area contributed by atoms with Gasteiger partial charge in [0.1, 0.15) is 11.6 Å². The summed E-state index contributed by atoms with van der Waals surface area (Å²) in [5, 5.41) is 21.0. The summed E-state index contributed by atoms with van der Waals surface area (Å²) in [6.45, 7) is 4.05. The number of anilines is 1. The Morgan fingerprint density at radius 1 is 1.15 bits per heavy atom. The lowest BCUT2D eigenvalue weighted by molar-refractivity contribution is 0.585. The largest absolute Gasteiger partial charge is 0.416 e. The Balaban J connectivity index is 1.73. The van der Waals surface area contributed by atoms with E-state index in [1.807, 2.05) is 55.8 Å². The van der Waals surface area contributed by atoms with Crippen LogP contribution in [0.2, 0.25) is 0 Å². The zero-order valence-corrected chi connectivity index (χ0v) is 15.3. The fraction of sp³-hybridized carbons (Fsp3) is 0.200. The highest BCUT2D eigenvalue weighted by Gasteiger charge is 2.16. The first-order chi connectivity index (χ1) is 13.1. The first-order valence-electron chi connectivity index (χ1n) is 8.62. The summed E-state index contributed by atoms with van der Waals surface area (Å²) in [6.07, 6.45) is 1.76. The number of aryl methyl sites for hydroxylation is 1. The van der Waals surface area contributed by atoms with E-state index in [4.69, 9.17) is 4.42 Å². The minimum atomic E-state index is 0.233. The zero-order valence-electron chi connectivity index (χ0n) is 15.3. The van der Waals surface area contributed by atoms with Crippen molar-refractivity contribution in [3.8, 4) is 29.0 Å². The van der Waals surface area contributed by atoms with Crippen LogP contribution in [0.4, 0.5) is 5.69 Å². The van der Waals surface area contributed by atoms with Crippen molar-refractivity contribution < 1.29 is 4.42 Å². The molecule has 0 bridgehead atoms. The van der Waals surface area contributed by atoms with Crippen molar-refractivity contribution in [2.75, 3.05) is 5.32 Å². The number of imidazole rings is 1. The van der Waals surface area contributed by atoms with E-state index in [9.17, 15) is 5.26 Å². The molecule has 4 aromatic rings. The molecule has 0 aliphatic carbocycles. The molecule has 1 N–H and O–H groups in total. The maximum absolute atomic E-state index is 9.44. The molecule has 2 aromatic heterocycles. The summed E-state index contributed by atoms with van der Waals surface area (Å²) in [6, 6.07) is 13.8. The van der Waals surface area contributed by atoms with Gasteiger partial charge in [-0.3, -0.25) is 0 Å². The van der Waals surface area contributed by atoms with Crippen molar-refractivity contribution in [2.45, 2.75) is 19.9 Å².